The number of carboxylic acid groups (broad SMARTS) is 1. The lowest BCUT2D eigenvalue weighted by atomic mass is 10.2. The maximum absolute atomic E-state index is 10.8. The SMILES string of the molecule is N#Cc1csc(-c2oncc2C(=O)O)c1. The maximum atomic E-state index is 10.8. The van der Waals surface area contributed by atoms with E-state index < -0.39 is 5.97 Å². The molecule has 1 N–H and O–H groups in total. The molecule has 2 aromatic rings. The smallest absolute Gasteiger partial charge is 0.341 e. The Kier molecular flexibility index (Phi) is 2.23. The van der Waals surface area contributed by atoms with Gasteiger partial charge in [-0.15, -0.1) is 11.3 Å². The number of rotatable bonds is 2. The summed E-state index contributed by atoms with van der Waals surface area (Å²) in [5.74, 6) is -0.910. The van der Waals surface area contributed by atoms with Crippen molar-refractivity contribution < 1.29 is 14.4 Å². The summed E-state index contributed by atoms with van der Waals surface area (Å²) >= 11 is 1.24. The van der Waals surface area contributed by atoms with E-state index in [1.165, 1.54) is 11.3 Å². The molecule has 6 heteroatoms. The highest BCUT2D eigenvalue weighted by Crippen LogP contribution is 2.29. The molecule has 0 radical (unpaired) electrons. The van der Waals surface area contributed by atoms with Crippen molar-refractivity contribution in [1.29, 1.82) is 5.26 Å². The molecule has 2 heterocycles. The fourth-order valence-corrected chi connectivity index (χ4v) is 1.91. The molecule has 0 atom stereocenters. The van der Waals surface area contributed by atoms with E-state index in [-0.39, 0.29) is 11.3 Å². The molecular weight excluding hydrogens is 216 g/mol. The summed E-state index contributed by atoms with van der Waals surface area (Å²) in [4.78, 5) is 11.4. The predicted molar refractivity (Wildman–Crippen MR) is 51.5 cm³/mol. The van der Waals surface area contributed by atoms with Gasteiger partial charge in [0.2, 0.25) is 0 Å². The highest BCUT2D eigenvalue weighted by Gasteiger charge is 2.18. The van der Waals surface area contributed by atoms with Crippen molar-refractivity contribution in [2.75, 3.05) is 0 Å². The highest BCUT2D eigenvalue weighted by molar-refractivity contribution is 7.13. The largest absolute Gasteiger partial charge is 0.477 e. The molecule has 0 aliphatic carbocycles. The van der Waals surface area contributed by atoms with E-state index in [1.54, 1.807) is 11.4 Å². The van der Waals surface area contributed by atoms with Gasteiger partial charge in [-0.1, -0.05) is 5.16 Å². The van der Waals surface area contributed by atoms with Crippen molar-refractivity contribution in [3.63, 3.8) is 0 Å². The van der Waals surface area contributed by atoms with E-state index in [9.17, 15) is 4.79 Å². The summed E-state index contributed by atoms with van der Waals surface area (Å²) < 4.78 is 4.84. The molecule has 2 aromatic heterocycles. The molecule has 5 nitrogen and oxygen atoms in total. The third kappa shape index (κ3) is 1.60. The zero-order chi connectivity index (χ0) is 10.8. The van der Waals surface area contributed by atoms with Crippen LogP contribution in [0.5, 0.6) is 0 Å². The van der Waals surface area contributed by atoms with E-state index in [0.29, 0.717) is 10.4 Å². The average Bonchev–Trinajstić information content (AvgIpc) is 2.85. The van der Waals surface area contributed by atoms with Gasteiger partial charge in [-0.05, 0) is 6.07 Å². The van der Waals surface area contributed by atoms with Crippen LogP contribution >= 0.6 is 11.3 Å². The van der Waals surface area contributed by atoms with Gasteiger partial charge in [0.25, 0.3) is 0 Å². The number of carbonyl (C=O) groups is 1. The Morgan fingerprint density at radius 3 is 3.07 bits per heavy atom. The summed E-state index contributed by atoms with van der Waals surface area (Å²) in [5, 5.41) is 22.5. The van der Waals surface area contributed by atoms with E-state index in [2.05, 4.69) is 5.16 Å². The van der Waals surface area contributed by atoms with Crippen LogP contribution in [0.15, 0.2) is 22.2 Å². The first-order valence-electron chi connectivity index (χ1n) is 3.89. The number of aromatic nitrogens is 1. The van der Waals surface area contributed by atoms with Gasteiger partial charge in [0, 0.05) is 5.38 Å². The van der Waals surface area contributed by atoms with Gasteiger partial charge in [-0.2, -0.15) is 5.26 Å². The van der Waals surface area contributed by atoms with Crippen molar-refractivity contribution in [1.82, 2.24) is 5.16 Å². The number of hydrogen-bond acceptors (Lipinski definition) is 5. The van der Waals surface area contributed by atoms with Crippen LogP contribution in [0.1, 0.15) is 15.9 Å². The van der Waals surface area contributed by atoms with Crippen molar-refractivity contribution in [3.8, 4) is 16.7 Å². The molecule has 0 aliphatic heterocycles. The van der Waals surface area contributed by atoms with Crippen molar-refractivity contribution in [2.24, 2.45) is 0 Å². The summed E-state index contributed by atoms with van der Waals surface area (Å²) in [6.07, 6.45) is 1.14. The zero-order valence-electron chi connectivity index (χ0n) is 7.30. The lowest BCUT2D eigenvalue weighted by molar-refractivity contribution is 0.0697. The van der Waals surface area contributed by atoms with E-state index >= 15 is 0 Å². The fourth-order valence-electron chi connectivity index (χ4n) is 1.08. The van der Waals surface area contributed by atoms with Gasteiger partial charge >= 0.3 is 5.97 Å². The summed E-state index contributed by atoms with van der Waals surface area (Å²) in [6.45, 7) is 0. The molecule has 0 bridgehead atoms. The number of nitriles is 1. The second-order valence-corrected chi connectivity index (χ2v) is 3.60. The topological polar surface area (TPSA) is 87.1 Å². The number of thiophene rings is 1. The van der Waals surface area contributed by atoms with E-state index in [0.717, 1.165) is 6.20 Å². The molecule has 0 fully saturated rings. The van der Waals surface area contributed by atoms with Crippen LogP contribution in [0.3, 0.4) is 0 Å². The quantitative estimate of drug-likeness (QED) is 0.835. The van der Waals surface area contributed by atoms with Crippen molar-refractivity contribution in [3.05, 3.63) is 28.8 Å². The van der Waals surface area contributed by atoms with Crippen LogP contribution in [0.25, 0.3) is 10.6 Å². The first kappa shape index (κ1) is 9.43. The summed E-state index contributed by atoms with van der Waals surface area (Å²) in [6, 6.07) is 3.53. The third-order valence-electron chi connectivity index (χ3n) is 1.75. The van der Waals surface area contributed by atoms with Crippen LogP contribution in [0.2, 0.25) is 0 Å². The number of nitrogens with zero attached hydrogens (tertiary/aromatic N) is 2. The molecule has 74 valence electrons. The van der Waals surface area contributed by atoms with Gasteiger partial charge in [0.1, 0.15) is 11.6 Å². The Labute approximate surface area is 88.2 Å². The number of aromatic carboxylic acids is 1. The Morgan fingerprint density at radius 1 is 1.67 bits per heavy atom. The summed E-state index contributed by atoms with van der Waals surface area (Å²) in [7, 11) is 0. The minimum absolute atomic E-state index is 0.00124. The molecule has 0 unspecified atom stereocenters. The van der Waals surface area contributed by atoms with Crippen LogP contribution in [-0.2, 0) is 0 Å². The van der Waals surface area contributed by atoms with Crippen LogP contribution in [0.4, 0.5) is 0 Å². The molecule has 2 rings (SSSR count). The van der Waals surface area contributed by atoms with Crippen molar-refractivity contribution in [2.45, 2.75) is 0 Å². The molecule has 0 saturated heterocycles. The summed E-state index contributed by atoms with van der Waals surface area (Å²) in [5.41, 5.74) is 0.476. The second kappa shape index (κ2) is 3.55. The van der Waals surface area contributed by atoms with Crippen LogP contribution in [-0.4, -0.2) is 16.2 Å². The fraction of sp³-hybridized carbons (Fsp3) is 0. The molecule has 15 heavy (non-hydrogen) atoms. The molecule has 0 spiro atoms. The minimum Gasteiger partial charge on any atom is -0.477 e. The monoisotopic (exact) mass is 220 g/mol. The highest BCUT2D eigenvalue weighted by atomic mass is 32.1. The Morgan fingerprint density at radius 2 is 2.47 bits per heavy atom. The maximum Gasteiger partial charge on any atom is 0.341 e. The van der Waals surface area contributed by atoms with E-state index in [1.807, 2.05) is 6.07 Å². The molecule has 0 amide bonds. The van der Waals surface area contributed by atoms with Gasteiger partial charge in [0.05, 0.1) is 16.6 Å². The average molecular weight is 220 g/mol. The molecular formula is C9H4N2O3S. The number of hydrogen-bond donors (Lipinski definition) is 1. The van der Waals surface area contributed by atoms with Crippen LogP contribution < -0.4 is 0 Å². The normalized spacial score (nSPS) is 9.80. The van der Waals surface area contributed by atoms with Crippen LogP contribution in [0, 0.1) is 11.3 Å². The second-order valence-electron chi connectivity index (χ2n) is 2.69. The van der Waals surface area contributed by atoms with Gasteiger partial charge < -0.3 is 9.63 Å². The lowest BCUT2D eigenvalue weighted by Crippen LogP contribution is -1.94. The lowest BCUT2D eigenvalue weighted by Gasteiger charge is -1.90. The standard InChI is InChI=1S/C9H4N2O3S/c10-2-5-1-7(15-4-5)8-6(9(12)13)3-11-14-8/h1,3-4H,(H,12,13). The predicted octanol–water partition coefficient (Wildman–Crippen LogP) is 1.97. The zero-order valence-corrected chi connectivity index (χ0v) is 8.11. The van der Waals surface area contributed by atoms with E-state index in [4.69, 9.17) is 14.9 Å². The number of carboxylic acids is 1. The first-order chi connectivity index (χ1) is 7.22. The minimum atomic E-state index is -1.10. The Hall–Kier alpha value is -2.13. The molecule has 0 saturated carbocycles. The third-order valence-corrected chi connectivity index (χ3v) is 2.68. The Bertz CT molecular complexity index is 550. The van der Waals surface area contributed by atoms with Gasteiger partial charge in [-0.3, -0.25) is 0 Å². The Balaban J connectivity index is 2.50. The molecule has 0 aliphatic rings. The van der Waals surface area contributed by atoms with Gasteiger partial charge in [0.15, 0.2) is 5.76 Å². The first-order valence-corrected chi connectivity index (χ1v) is 4.77. The van der Waals surface area contributed by atoms with Gasteiger partial charge in [-0.25, -0.2) is 4.79 Å². The van der Waals surface area contributed by atoms with Crippen molar-refractivity contribution >= 4 is 17.3 Å². The molecule has 0 aromatic carbocycles.